The number of hydrazine groups is 1. The van der Waals surface area contributed by atoms with Crippen LogP contribution in [0, 0.1) is 0 Å². The highest BCUT2D eigenvalue weighted by atomic mass is 35.5. The third-order valence-corrected chi connectivity index (χ3v) is 5.30. The van der Waals surface area contributed by atoms with Crippen molar-refractivity contribution in [3.8, 4) is 0 Å². The van der Waals surface area contributed by atoms with E-state index in [1.807, 2.05) is 0 Å². The zero-order chi connectivity index (χ0) is 19.0. The maximum absolute atomic E-state index is 12.4. The predicted octanol–water partition coefficient (Wildman–Crippen LogP) is 0.736. The average Bonchev–Trinajstić information content (AvgIpc) is 2.58. The molecule has 1 aromatic carbocycles. The summed E-state index contributed by atoms with van der Waals surface area (Å²) in [6.07, 6.45) is 0.758. The molecule has 1 aromatic rings. The first kappa shape index (κ1) is 21.6. The van der Waals surface area contributed by atoms with Crippen LogP contribution in [-0.2, 0) is 14.8 Å². The molecule has 0 fully saturated rings. The Morgan fingerprint density at radius 3 is 2.68 bits per heavy atom. The Hall–Kier alpha value is -1.46. The van der Waals surface area contributed by atoms with Crippen molar-refractivity contribution in [3.05, 3.63) is 28.8 Å². The van der Waals surface area contributed by atoms with E-state index in [0.29, 0.717) is 18.3 Å². The van der Waals surface area contributed by atoms with Gasteiger partial charge in [0.2, 0.25) is 10.0 Å². The quantitative estimate of drug-likeness (QED) is 0.347. The average molecular weight is 409 g/mol. The van der Waals surface area contributed by atoms with Crippen LogP contribution in [0.5, 0.6) is 0 Å². The third-order valence-electron chi connectivity index (χ3n) is 3.14. The Bertz CT molecular complexity index is 728. The van der Waals surface area contributed by atoms with E-state index in [1.54, 1.807) is 14.2 Å². The molecule has 11 heteroatoms. The molecule has 0 unspecified atom stereocenters. The predicted molar refractivity (Wildman–Crippen MR) is 100 cm³/mol. The van der Waals surface area contributed by atoms with Crippen molar-refractivity contribution in [2.24, 2.45) is 0 Å². The summed E-state index contributed by atoms with van der Waals surface area (Å²) in [7, 11) is 0.766. The van der Waals surface area contributed by atoms with Crippen LogP contribution in [0.1, 0.15) is 16.8 Å². The van der Waals surface area contributed by atoms with Crippen LogP contribution in [0.15, 0.2) is 23.1 Å². The number of nitrogens with zero attached hydrogens (tertiary/aromatic N) is 1. The van der Waals surface area contributed by atoms with E-state index in [-0.39, 0.29) is 15.5 Å². The number of halogens is 1. The molecule has 0 saturated heterocycles. The first-order chi connectivity index (χ1) is 11.7. The van der Waals surface area contributed by atoms with Crippen molar-refractivity contribution in [1.29, 1.82) is 0 Å². The molecule has 0 bridgehead atoms. The summed E-state index contributed by atoms with van der Waals surface area (Å²) in [4.78, 5) is 12.3. The van der Waals surface area contributed by atoms with Crippen molar-refractivity contribution in [3.63, 3.8) is 0 Å². The third kappa shape index (κ3) is 6.40. The number of hydrogen-bond donors (Lipinski definition) is 3. The molecule has 0 heterocycles. The number of rotatable bonds is 7. The summed E-state index contributed by atoms with van der Waals surface area (Å²) >= 11 is 11.2. The molecule has 140 valence electrons. The second-order valence-electron chi connectivity index (χ2n) is 4.93. The fraction of sp³-hybridized carbons (Fsp3) is 0.429. The largest absolute Gasteiger partial charge is 0.385 e. The van der Waals surface area contributed by atoms with Gasteiger partial charge in [-0.3, -0.25) is 15.2 Å². The fourth-order valence-corrected chi connectivity index (χ4v) is 2.86. The number of carbonyl (C=O) groups excluding carboxylic acids is 1. The minimum absolute atomic E-state index is 0.0204. The first-order valence-corrected chi connectivity index (χ1v) is 9.54. The molecule has 0 atom stereocenters. The van der Waals surface area contributed by atoms with E-state index in [2.05, 4.69) is 15.5 Å². The zero-order valence-corrected chi connectivity index (χ0v) is 16.5. The number of hydrogen-bond acceptors (Lipinski definition) is 5. The maximum atomic E-state index is 12.4. The van der Waals surface area contributed by atoms with Gasteiger partial charge in [0.05, 0.1) is 15.5 Å². The van der Waals surface area contributed by atoms with Crippen molar-refractivity contribution in [2.75, 3.05) is 34.4 Å². The second kappa shape index (κ2) is 9.88. The normalized spacial score (nSPS) is 11.0. The number of carbonyl (C=O) groups is 1. The van der Waals surface area contributed by atoms with Crippen LogP contribution < -0.4 is 15.5 Å². The van der Waals surface area contributed by atoms with Crippen LogP contribution in [0.3, 0.4) is 0 Å². The summed E-state index contributed by atoms with van der Waals surface area (Å²) in [5.41, 5.74) is 2.55. The fourth-order valence-electron chi connectivity index (χ4n) is 1.76. The molecule has 0 aliphatic heterocycles. The number of methoxy groups -OCH3 is 1. The lowest BCUT2D eigenvalue weighted by molar-refractivity contribution is 0.0886. The van der Waals surface area contributed by atoms with Gasteiger partial charge < -0.3 is 10.1 Å². The first-order valence-electron chi connectivity index (χ1n) is 7.27. The number of amides is 1. The van der Waals surface area contributed by atoms with Crippen molar-refractivity contribution in [1.82, 2.24) is 20.5 Å². The molecule has 0 aliphatic rings. The summed E-state index contributed by atoms with van der Waals surface area (Å²) in [6.45, 7) is 1.18. The van der Waals surface area contributed by atoms with Gasteiger partial charge in [-0.25, -0.2) is 13.1 Å². The van der Waals surface area contributed by atoms with Gasteiger partial charge in [-0.2, -0.15) is 0 Å². The zero-order valence-electron chi connectivity index (χ0n) is 14.1. The molecule has 0 radical (unpaired) electrons. The van der Waals surface area contributed by atoms with Crippen LogP contribution in [0.4, 0.5) is 0 Å². The van der Waals surface area contributed by atoms with Gasteiger partial charge in [0.25, 0.3) is 5.91 Å². The number of ether oxygens (including phenoxy) is 1. The van der Waals surface area contributed by atoms with E-state index in [1.165, 1.54) is 30.3 Å². The summed E-state index contributed by atoms with van der Waals surface area (Å²) < 4.78 is 30.8. The smallest absolute Gasteiger partial charge is 0.271 e. The Balaban J connectivity index is 2.80. The maximum Gasteiger partial charge on any atom is 0.271 e. The van der Waals surface area contributed by atoms with Crippen molar-refractivity contribution >= 4 is 44.9 Å². The monoisotopic (exact) mass is 408 g/mol. The van der Waals surface area contributed by atoms with Gasteiger partial charge >= 0.3 is 0 Å². The SMILES string of the molecule is CNS(=O)(=O)c1ccc(Cl)c(C(=O)NN(C)C(=S)NCCCOC)c1. The van der Waals surface area contributed by atoms with E-state index in [9.17, 15) is 13.2 Å². The molecular formula is C14H21ClN4O4S2. The van der Waals surface area contributed by atoms with Crippen LogP contribution in [0.25, 0.3) is 0 Å². The van der Waals surface area contributed by atoms with E-state index in [4.69, 9.17) is 28.6 Å². The Morgan fingerprint density at radius 2 is 2.08 bits per heavy atom. The van der Waals surface area contributed by atoms with Crippen molar-refractivity contribution < 1.29 is 17.9 Å². The highest BCUT2D eigenvalue weighted by molar-refractivity contribution is 7.89. The van der Waals surface area contributed by atoms with Crippen LogP contribution in [0.2, 0.25) is 5.02 Å². The van der Waals surface area contributed by atoms with Gasteiger partial charge in [-0.15, -0.1) is 0 Å². The van der Waals surface area contributed by atoms with Crippen molar-refractivity contribution in [2.45, 2.75) is 11.3 Å². The lowest BCUT2D eigenvalue weighted by Gasteiger charge is -2.22. The Kier molecular flexibility index (Phi) is 8.53. The molecular weight excluding hydrogens is 388 g/mol. The Labute approximate surface area is 157 Å². The number of benzene rings is 1. The summed E-state index contributed by atoms with van der Waals surface area (Å²) in [6, 6.07) is 3.87. The lowest BCUT2D eigenvalue weighted by atomic mass is 10.2. The molecule has 1 rings (SSSR count). The second-order valence-corrected chi connectivity index (χ2v) is 7.61. The molecule has 3 N–H and O–H groups in total. The van der Waals surface area contributed by atoms with Crippen LogP contribution >= 0.6 is 23.8 Å². The van der Waals surface area contributed by atoms with Gasteiger partial charge in [0, 0.05) is 27.3 Å². The van der Waals surface area contributed by atoms with Gasteiger partial charge in [-0.05, 0) is 43.9 Å². The van der Waals surface area contributed by atoms with E-state index >= 15 is 0 Å². The minimum Gasteiger partial charge on any atom is -0.385 e. The number of nitrogens with one attached hydrogen (secondary N) is 3. The van der Waals surface area contributed by atoms with Gasteiger partial charge in [-0.1, -0.05) is 11.6 Å². The lowest BCUT2D eigenvalue weighted by Crippen LogP contribution is -2.48. The minimum atomic E-state index is -3.69. The number of thiocarbonyl (C=S) groups is 1. The van der Waals surface area contributed by atoms with Crippen LogP contribution in [-0.4, -0.2) is 58.8 Å². The van der Waals surface area contributed by atoms with Gasteiger partial charge in [0.1, 0.15) is 0 Å². The highest BCUT2D eigenvalue weighted by Crippen LogP contribution is 2.20. The van der Waals surface area contributed by atoms with E-state index < -0.39 is 15.9 Å². The molecule has 1 amide bonds. The van der Waals surface area contributed by atoms with Gasteiger partial charge in [0.15, 0.2) is 5.11 Å². The molecule has 8 nitrogen and oxygen atoms in total. The van der Waals surface area contributed by atoms with E-state index in [0.717, 1.165) is 6.42 Å². The number of sulfonamides is 1. The Morgan fingerprint density at radius 1 is 1.40 bits per heavy atom. The summed E-state index contributed by atoms with van der Waals surface area (Å²) in [5.74, 6) is -0.582. The summed E-state index contributed by atoms with van der Waals surface area (Å²) in [5, 5.41) is 4.71. The standard InChI is InChI=1S/C14H21ClN4O4S2/c1-16-25(21,22)10-5-6-12(15)11(9-10)13(20)18-19(2)14(24)17-7-4-8-23-3/h5-6,9,16H,4,7-8H2,1-3H3,(H,17,24)(H,18,20). The molecule has 25 heavy (non-hydrogen) atoms. The molecule has 0 aliphatic carbocycles. The topological polar surface area (TPSA) is 99.8 Å². The molecule has 0 spiro atoms. The molecule has 0 saturated carbocycles. The molecule has 0 aromatic heterocycles. The highest BCUT2D eigenvalue weighted by Gasteiger charge is 2.18.